The lowest BCUT2D eigenvalue weighted by molar-refractivity contribution is 0.280. The van der Waals surface area contributed by atoms with Crippen LogP contribution in [0.1, 0.15) is 50.2 Å². The van der Waals surface area contributed by atoms with Gasteiger partial charge < -0.3 is 5.32 Å². The molecule has 1 N–H and O–H groups in total. The molecule has 0 aliphatic heterocycles. The molecule has 0 saturated heterocycles. The Morgan fingerprint density at radius 1 is 1.12 bits per heavy atom. The van der Waals surface area contributed by atoms with Gasteiger partial charge in [-0.15, -0.1) is 0 Å². The largest absolute Gasteiger partial charge is 0.310 e. The summed E-state index contributed by atoms with van der Waals surface area (Å²) in [5, 5.41) is 3.69. The van der Waals surface area contributed by atoms with Crippen molar-refractivity contribution in [1.82, 2.24) is 5.32 Å². The minimum atomic E-state index is 0.664. The van der Waals surface area contributed by atoms with Crippen molar-refractivity contribution in [2.45, 2.75) is 58.5 Å². The van der Waals surface area contributed by atoms with Gasteiger partial charge in [0.2, 0.25) is 0 Å². The van der Waals surface area contributed by atoms with E-state index in [1.165, 1.54) is 43.2 Å². The van der Waals surface area contributed by atoms with Gasteiger partial charge in [-0.1, -0.05) is 49.1 Å². The van der Waals surface area contributed by atoms with Gasteiger partial charge in [-0.25, -0.2) is 0 Å². The molecule has 0 spiro atoms. The number of benzene rings is 1. The third-order valence-electron chi connectivity index (χ3n) is 4.11. The van der Waals surface area contributed by atoms with Gasteiger partial charge in [0.15, 0.2) is 0 Å². The second-order valence-electron chi connectivity index (χ2n) is 5.55. The van der Waals surface area contributed by atoms with Crippen molar-refractivity contribution < 1.29 is 0 Å². The van der Waals surface area contributed by atoms with Crippen LogP contribution in [0, 0.1) is 12.8 Å². The zero-order chi connectivity index (χ0) is 12.1. The van der Waals surface area contributed by atoms with Crippen LogP contribution < -0.4 is 5.32 Å². The second-order valence-corrected chi connectivity index (χ2v) is 5.55. The fraction of sp³-hybridized carbons (Fsp3) is 0.625. The number of nitrogens with one attached hydrogen (secondary N) is 1. The van der Waals surface area contributed by atoms with Crippen molar-refractivity contribution in [2.75, 3.05) is 0 Å². The highest BCUT2D eigenvalue weighted by atomic mass is 14.9. The molecular weight excluding hydrogens is 206 g/mol. The summed E-state index contributed by atoms with van der Waals surface area (Å²) >= 11 is 0. The van der Waals surface area contributed by atoms with Gasteiger partial charge in [-0.05, 0) is 38.2 Å². The van der Waals surface area contributed by atoms with E-state index in [1.54, 1.807) is 0 Å². The Kier molecular flexibility index (Phi) is 4.61. The first-order chi connectivity index (χ1) is 8.25. The molecule has 1 nitrogen and oxygen atoms in total. The van der Waals surface area contributed by atoms with Gasteiger partial charge in [-0.2, -0.15) is 0 Å². The molecule has 17 heavy (non-hydrogen) atoms. The Labute approximate surface area is 106 Å². The van der Waals surface area contributed by atoms with Gasteiger partial charge in [0.05, 0.1) is 0 Å². The van der Waals surface area contributed by atoms with Crippen molar-refractivity contribution >= 4 is 0 Å². The Hall–Kier alpha value is -0.820. The molecule has 0 amide bonds. The molecule has 1 atom stereocenters. The van der Waals surface area contributed by atoms with Gasteiger partial charge >= 0.3 is 0 Å². The maximum absolute atomic E-state index is 3.69. The highest BCUT2D eigenvalue weighted by Crippen LogP contribution is 2.26. The molecule has 0 radical (unpaired) electrons. The van der Waals surface area contributed by atoms with E-state index in [0.29, 0.717) is 6.04 Å². The molecule has 1 aromatic carbocycles. The van der Waals surface area contributed by atoms with E-state index in [1.807, 2.05) is 0 Å². The van der Waals surface area contributed by atoms with Crippen molar-refractivity contribution in [2.24, 2.45) is 5.92 Å². The van der Waals surface area contributed by atoms with Crippen LogP contribution in [0.25, 0.3) is 0 Å². The zero-order valence-corrected chi connectivity index (χ0v) is 11.2. The lowest BCUT2D eigenvalue weighted by Gasteiger charge is -2.28. The first kappa shape index (κ1) is 12.6. The predicted molar refractivity (Wildman–Crippen MR) is 74.1 cm³/mol. The number of hydrogen-bond acceptors (Lipinski definition) is 1. The zero-order valence-electron chi connectivity index (χ0n) is 11.2. The maximum atomic E-state index is 3.69. The first-order valence-corrected chi connectivity index (χ1v) is 7.04. The fourth-order valence-electron chi connectivity index (χ4n) is 2.79. The SMILES string of the molecule is Cc1ccc(CN[C@H](C)C2CCCCC2)cc1. The van der Waals surface area contributed by atoms with Crippen LogP contribution in [-0.2, 0) is 6.54 Å². The third-order valence-corrected chi connectivity index (χ3v) is 4.11. The van der Waals surface area contributed by atoms with Crippen LogP contribution in [0.2, 0.25) is 0 Å². The lowest BCUT2D eigenvalue weighted by atomic mass is 9.84. The molecule has 0 unspecified atom stereocenters. The Bertz CT molecular complexity index is 322. The molecule has 1 aliphatic carbocycles. The quantitative estimate of drug-likeness (QED) is 0.824. The van der Waals surface area contributed by atoms with Crippen molar-refractivity contribution in [3.63, 3.8) is 0 Å². The summed E-state index contributed by atoms with van der Waals surface area (Å²) < 4.78 is 0. The number of aryl methyl sites for hydroxylation is 1. The van der Waals surface area contributed by atoms with Crippen molar-refractivity contribution in [3.8, 4) is 0 Å². The molecule has 0 heterocycles. The first-order valence-electron chi connectivity index (χ1n) is 7.04. The van der Waals surface area contributed by atoms with E-state index in [4.69, 9.17) is 0 Å². The molecular formula is C16H25N. The van der Waals surface area contributed by atoms with Crippen LogP contribution in [0.5, 0.6) is 0 Å². The van der Waals surface area contributed by atoms with Gasteiger partial charge in [0.25, 0.3) is 0 Å². The lowest BCUT2D eigenvalue weighted by Crippen LogP contribution is -2.34. The highest BCUT2D eigenvalue weighted by Gasteiger charge is 2.19. The maximum Gasteiger partial charge on any atom is 0.0208 e. The molecule has 94 valence electrons. The molecule has 1 fully saturated rings. The molecule has 1 heteroatoms. The fourth-order valence-corrected chi connectivity index (χ4v) is 2.79. The summed E-state index contributed by atoms with van der Waals surface area (Å²) in [4.78, 5) is 0. The molecule has 1 saturated carbocycles. The van der Waals surface area contributed by atoms with Crippen LogP contribution in [0.3, 0.4) is 0 Å². The Balaban J connectivity index is 1.78. The van der Waals surface area contributed by atoms with E-state index in [2.05, 4.69) is 43.4 Å². The highest BCUT2D eigenvalue weighted by molar-refractivity contribution is 5.21. The monoisotopic (exact) mass is 231 g/mol. The summed E-state index contributed by atoms with van der Waals surface area (Å²) in [5.41, 5.74) is 2.74. The van der Waals surface area contributed by atoms with Gasteiger partial charge in [0, 0.05) is 12.6 Å². The van der Waals surface area contributed by atoms with E-state index < -0.39 is 0 Å². The van der Waals surface area contributed by atoms with Crippen LogP contribution in [-0.4, -0.2) is 6.04 Å². The number of hydrogen-bond donors (Lipinski definition) is 1. The minimum Gasteiger partial charge on any atom is -0.310 e. The van der Waals surface area contributed by atoms with E-state index >= 15 is 0 Å². The summed E-state index contributed by atoms with van der Waals surface area (Å²) in [6.45, 7) is 5.50. The number of rotatable bonds is 4. The predicted octanol–water partition coefficient (Wildman–Crippen LogP) is 4.05. The van der Waals surface area contributed by atoms with Crippen molar-refractivity contribution in [1.29, 1.82) is 0 Å². The minimum absolute atomic E-state index is 0.664. The van der Waals surface area contributed by atoms with E-state index in [0.717, 1.165) is 12.5 Å². The summed E-state index contributed by atoms with van der Waals surface area (Å²) in [7, 11) is 0. The average Bonchev–Trinajstić information content (AvgIpc) is 2.39. The summed E-state index contributed by atoms with van der Waals surface area (Å²) in [6, 6.07) is 9.52. The van der Waals surface area contributed by atoms with Gasteiger partial charge in [0.1, 0.15) is 0 Å². The smallest absolute Gasteiger partial charge is 0.0208 e. The van der Waals surface area contributed by atoms with Crippen LogP contribution in [0.4, 0.5) is 0 Å². The van der Waals surface area contributed by atoms with Crippen molar-refractivity contribution in [3.05, 3.63) is 35.4 Å². The van der Waals surface area contributed by atoms with Crippen LogP contribution in [0.15, 0.2) is 24.3 Å². The second kappa shape index (κ2) is 6.20. The van der Waals surface area contributed by atoms with E-state index in [-0.39, 0.29) is 0 Å². The molecule has 1 aliphatic rings. The molecule has 2 rings (SSSR count). The summed E-state index contributed by atoms with van der Waals surface area (Å²) in [6.07, 6.45) is 7.15. The van der Waals surface area contributed by atoms with Crippen LogP contribution >= 0.6 is 0 Å². The summed E-state index contributed by atoms with van der Waals surface area (Å²) in [5.74, 6) is 0.897. The Morgan fingerprint density at radius 3 is 2.41 bits per heavy atom. The molecule has 0 aromatic heterocycles. The normalized spacial score (nSPS) is 19.2. The Morgan fingerprint density at radius 2 is 1.76 bits per heavy atom. The van der Waals surface area contributed by atoms with E-state index in [9.17, 15) is 0 Å². The standard InChI is InChI=1S/C16H25N/c1-13-8-10-15(11-9-13)12-17-14(2)16-6-4-3-5-7-16/h8-11,14,16-17H,3-7,12H2,1-2H3/t14-/m1/s1. The average molecular weight is 231 g/mol. The van der Waals surface area contributed by atoms with Gasteiger partial charge in [-0.3, -0.25) is 0 Å². The topological polar surface area (TPSA) is 12.0 Å². The molecule has 1 aromatic rings. The third kappa shape index (κ3) is 3.85. The molecule has 0 bridgehead atoms.